The van der Waals surface area contributed by atoms with Gasteiger partial charge in [0.1, 0.15) is 0 Å². The minimum atomic E-state index is 0.404. The summed E-state index contributed by atoms with van der Waals surface area (Å²) >= 11 is 1.73. The average molecular weight is 237 g/mol. The van der Waals surface area contributed by atoms with Crippen molar-refractivity contribution in [2.75, 3.05) is 0 Å². The Bertz CT molecular complexity index is 424. The van der Waals surface area contributed by atoms with Crippen molar-refractivity contribution in [2.45, 2.75) is 32.9 Å². The maximum Gasteiger partial charge on any atom is 0.240 e. The predicted molar refractivity (Wildman–Crippen MR) is 63.4 cm³/mol. The molecule has 0 saturated heterocycles. The lowest BCUT2D eigenvalue weighted by Gasteiger charge is -2.10. The molecule has 0 saturated carbocycles. The highest BCUT2D eigenvalue weighted by Crippen LogP contribution is 2.08. The summed E-state index contributed by atoms with van der Waals surface area (Å²) in [6.45, 7) is 4.61. The Morgan fingerprint density at radius 1 is 1.56 bits per heavy atom. The van der Waals surface area contributed by atoms with Gasteiger partial charge in [0.25, 0.3) is 0 Å². The van der Waals surface area contributed by atoms with Crippen LogP contribution in [-0.2, 0) is 13.0 Å². The lowest BCUT2D eigenvalue weighted by atomic mass is 10.1. The van der Waals surface area contributed by atoms with Gasteiger partial charge in [-0.05, 0) is 42.7 Å². The van der Waals surface area contributed by atoms with E-state index in [1.54, 1.807) is 11.3 Å². The number of aromatic nitrogens is 2. The van der Waals surface area contributed by atoms with Crippen molar-refractivity contribution in [1.82, 2.24) is 15.5 Å². The fourth-order valence-electron chi connectivity index (χ4n) is 1.51. The van der Waals surface area contributed by atoms with Gasteiger partial charge in [-0.2, -0.15) is 16.3 Å². The van der Waals surface area contributed by atoms with E-state index in [1.165, 1.54) is 5.56 Å². The Morgan fingerprint density at radius 2 is 2.44 bits per heavy atom. The highest BCUT2D eigenvalue weighted by atomic mass is 32.1. The molecule has 2 aromatic rings. The molecule has 0 aliphatic heterocycles. The van der Waals surface area contributed by atoms with E-state index in [9.17, 15) is 0 Å². The second-order valence-electron chi connectivity index (χ2n) is 3.85. The minimum Gasteiger partial charge on any atom is -0.338 e. The second kappa shape index (κ2) is 5.23. The normalized spacial score (nSPS) is 12.9. The SMILES string of the molecule is Cc1noc(CNC(C)Cc2ccsc2)n1. The predicted octanol–water partition coefficient (Wildman–Crippen LogP) is 2.16. The number of hydrogen-bond acceptors (Lipinski definition) is 5. The quantitative estimate of drug-likeness (QED) is 0.865. The summed E-state index contributed by atoms with van der Waals surface area (Å²) in [5.74, 6) is 1.33. The second-order valence-corrected chi connectivity index (χ2v) is 4.63. The molecule has 2 aromatic heterocycles. The van der Waals surface area contributed by atoms with E-state index in [-0.39, 0.29) is 0 Å². The fourth-order valence-corrected chi connectivity index (χ4v) is 2.19. The van der Waals surface area contributed by atoms with Crippen LogP contribution in [0.15, 0.2) is 21.3 Å². The smallest absolute Gasteiger partial charge is 0.240 e. The van der Waals surface area contributed by atoms with Gasteiger partial charge in [0.2, 0.25) is 5.89 Å². The summed E-state index contributed by atoms with van der Waals surface area (Å²) in [7, 11) is 0. The van der Waals surface area contributed by atoms with Gasteiger partial charge in [-0.15, -0.1) is 0 Å². The molecular formula is C11H15N3OS. The topological polar surface area (TPSA) is 51.0 Å². The summed E-state index contributed by atoms with van der Waals surface area (Å²) in [5, 5.41) is 11.4. The van der Waals surface area contributed by atoms with E-state index in [2.05, 4.69) is 39.2 Å². The lowest BCUT2D eigenvalue weighted by Crippen LogP contribution is -2.27. The summed E-state index contributed by atoms with van der Waals surface area (Å²) in [6.07, 6.45) is 1.02. The van der Waals surface area contributed by atoms with Crippen molar-refractivity contribution < 1.29 is 4.52 Å². The molecule has 2 rings (SSSR count). The van der Waals surface area contributed by atoms with Crippen LogP contribution in [0.1, 0.15) is 24.2 Å². The van der Waals surface area contributed by atoms with Crippen LogP contribution < -0.4 is 5.32 Å². The van der Waals surface area contributed by atoms with E-state index in [4.69, 9.17) is 4.52 Å². The third-order valence-corrected chi connectivity index (χ3v) is 3.03. The highest BCUT2D eigenvalue weighted by molar-refractivity contribution is 7.07. The summed E-state index contributed by atoms with van der Waals surface area (Å²) in [6, 6.07) is 2.56. The molecule has 0 spiro atoms. The van der Waals surface area contributed by atoms with Crippen LogP contribution >= 0.6 is 11.3 Å². The van der Waals surface area contributed by atoms with Crippen molar-refractivity contribution in [1.29, 1.82) is 0 Å². The van der Waals surface area contributed by atoms with Crippen LogP contribution in [0.25, 0.3) is 0 Å². The minimum absolute atomic E-state index is 0.404. The van der Waals surface area contributed by atoms with Gasteiger partial charge < -0.3 is 9.84 Å². The molecule has 0 aliphatic rings. The zero-order chi connectivity index (χ0) is 11.4. The number of nitrogens with one attached hydrogen (secondary N) is 1. The van der Waals surface area contributed by atoms with Crippen LogP contribution in [-0.4, -0.2) is 16.2 Å². The number of hydrogen-bond donors (Lipinski definition) is 1. The molecule has 2 heterocycles. The first-order valence-corrected chi connectivity index (χ1v) is 6.22. The Hall–Kier alpha value is -1.20. The molecule has 0 radical (unpaired) electrons. The van der Waals surface area contributed by atoms with Crippen molar-refractivity contribution in [3.63, 3.8) is 0 Å². The van der Waals surface area contributed by atoms with Gasteiger partial charge >= 0.3 is 0 Å². The zero-order valence-electron chi connectivity index (χ0n) is 9.43. The summed E-state index contributed by atoms with van der Waals surface area (Å²) in [5.41, 5.74) is 1.37. The van der Waals surface area contributed by atoms with E-state index in [0.29, 0.717) is 24.3 Å². The monoisotopic (exact) mass is 237 g/mol. The molecule has 4 nitrogen and oxygen atoms in total. The summed E-state index contributed by atoms with van der Waals surface area (Å²) in [4.78, 5) is 4.14. The van der Waals surface area contributed by atoms with Crippen molar-refractivity contribution in [2.24, 2.45) is 0 Å². The molecule has 86 valence electrons. The third-order valence-electron chi connectivity index (χ3n) is 2.29. The van der Waals surface area contributed by atoms with Crippen LogP contribution in [0.4, 0.5) is 0 Å². The number of rotatable bonds is 5. The van der Waals surface area contributed by atoms with E-state index < -0.39 is 0 Å². The van der Waals surface area contributed by atoms with E-state index >= 15 is 0 Å². The zero-order valence-corrected chi connectivity index (χ0v) is 10.3. The number of nitrogens with zero attached hydrogens (tertiary/aromatic N) is 2. The highest BCUT2D eigenvalue weighted by Gasteiger charge is 2.06. The largest absolute Gasteiger partial charge is 0.338 e. The Kier molecular flexibility index (Phi) is 3.69. The van der Waals surface area contributed by atoms with Crippen molar-refractivity contribution >= 4 is 11.3 Å². The molecule has 16 heavy (non-hydrogen) atoms. The van der Waals surface area contributed by atoms with Gasteiger partial charge in [0, 0.05) is 6.04 Å². The Balaban J connectivity index is 1.77. The maximum absolute atomic E-state index is 5.03. The lowest BCUT2D eigenvalue weighted by molar-refractivity contribution is 0.356. The van der Waals surface area contributed by atoms with E-state index in [1.807, 2.05) is 6.92 Å². The van der Waals surface area contributed by atoms with Crippen molar-refractivity contribution in [3.05, 3.63) is 34.1 Å². The van der Waals surface area contributed by atoms with E-state index in [0.717, 1.165) is 6.42 Å². The van der Waals surface area contributed by atoms with Crippen LogP contribution in [0.2, 0.25) is 0 Å². The molecular weight excluding hydrogens is 222 g/mol. The number of thiophene rings is 1. The first-order chi connectivity index (χ1) is 7.74. The molecule has 0 fully saturated rings. The Labute approximate surface area is 98.7 Å². The molecule has 0 amide bonds. The third kappa shape index (κ3) is 3.15. The van der Waals surface area contributed by atoms with Crippen LogP contribution in [0, 0.1) is 6.92 Å². The Morgan fingerprint density at radius 3 is 3.06 bits per heavy atom. The van der Waals surface area contributed by atoms with Crippen LogP contribution in [0.5, 0.6) is 0 Å². The summed E-state index contributed by atoms with van der Waals surface area (Å²) < 4.78 is 5.03. The molecule has 0 aromatic carbocycles. The first-order valence-electron chi connectivity index (χ1n) is 5.27. The average Bonchev–Trinajstić information content (AvgIpc) is 2.87. The molecule has 5 heteroatoms. The first kappa shape index (κ1) is 11.3. The van der Waals surface area contributed by atoms with Crippen molar-refractivity contribution in [3.8, 4) is 0 Å². The van der Waals surface area contributed by atoms with Crippen LogP contribution in [0.3, 0.4) is 0 Å². The molecule has 1 unspecified atom stereocenters. The van der Waals surface area contributed by atoms with Gasteiger partial charge in [-0.1, -0.05) is 5.16 Å². The van der Waals surface area contributed by atoms with Gasteiger partial charge in [0.15, 0.2) is 5.82 Å². The van der Waals surface area contributed by atoms with Gasteiger partial charge in [0.05, 0.1) is 6.54 Å². The molecule has 0 aliphatic carbocycles. The standard InChI is InChI=1S/C11H15N3OS/c1-8(5-10-3-4-16-7-10)12-6-11-13-9(2)14-15-11/h3-4,7-8,12H,5-6H2,1-2H3. The molecule has 1 atom stereocenters. The van der Waals surface area contributed by atoms with Gasteiger partial charge in [-0.3, -0.25) is 0 Å². The fraction of sp³-hybridized carbons (Fsp3) is 0.455. The maximum atomic E-state index is 5.03. The molecule has 0 bridgehead atoms. The van der Waals surface area contributed by atoms with Gasteiger partial charge in [-0.25, -0.2) is 0 Å². The number of aryl methyl sites for hydroxylation is 1. The molecule has 1 N–H and O–H groups in total.